The number of ether oxygens (including phenoxy) is 3. The van der Waals surface area contributed by atoms with Crippen molar-refractivity contribution >= 4 is 28.6 Å². The third-order valence-electron chi connectivity index (χ3n) is 4.49. The molecule has 0 unspecified atom stereocenters. The number of aliphatic imine (C=N–C) groups is 1. The first-order valence-electron chi connectivity index (χ1n) is 8.56. The number of aromatic nitrogens is 1. The van der Waals surface area contributed by atoms with E-state index in [1.807, 2.05) is 18.2 Å². The number of carbonyl (C=O) groups excluding carboxylic acids is 2. The Morgan fingerprint density at radius 2 is 1.85 bits per heavy atom. The van der Waals surface area contributed by atoms with Gasteiger partial charge in [0.1, 0.15) is 5.75 Å². The Labute approximate surface area is 151 Å². The Bertz CT molecular complexity index is 879. The van der Waals surface area contributed by atoms with Crippen molar-refractivity contribution < 1.29 is 23.8 Å². The highest BCUT2D eigenvalue weighted by Gasteiger charge is 2.52. The molecule has 1 N–H and O–H groups in total. The van der Waals surface area contributed by atoms with Crippen molar-refractivity contribution in [2.75, 3.05) is 20.3 Å². The van der Waals surface area contributed by atoms with E-state index in [1.54, 1.807) is 27.9 Å². The highest BCUT2D eigenvalue weighted by Crippen LogP contribution is 2.36. The van der Waals surface area contributed by atoms with Crippen molar-refractivity contribution in [3.8, 4) is 5.75 Å². The molecule has 0 fully saturated rings. The summed E-state index contributed by atoms with van der Waals surface area (Å²) in [7, 11) is 1.59. The molecule has 7 nitrogen and oxygen atoms in total. The van der Waals surface area contributed by atoms with Crippen molar-refractivity contribution in [1.82, 2.24) is 4.98 Å². The van der Waals surface area contributed by atoms with E-state index < -0.39 is 17.5 Å². The summed E-state index contributed by atoms with van der Waals surface area (Å²) >= 11 is 0. The van der Waals surface area contributed by atoms with Gasteiger partial charge < -0.3 is 19.2 Å². The molecule has 3 rings (SSSR count). The van der Waals surface area contributed by atoms with Crippen molar-refractivity contribution in [3.63, 3.8) is 0 Å². The largest absolute Gasteiger partial charge is 0.497 e. The molecule has 1 aromatic heterocycles. The lowest BCUT2D eigenvalue weighted by Gasteiger charge is -2.29. The first-order valence-corrected chi connectivity index (χ1v) is 8.56. The van der Waals surface area contributed by atoms with Gasteiger partial charge in [0.05, 0.1) is 31.7 Å². The van der Waals surface area contributed by atoms with Crippen LogP contribution in [0.2, 0.25) is 0 Å². The Kier molecular flexibility index (Phi) is 4.71. The summed E-state index contributed by atoms with van der Waals surface area (Å²) in [6.07, 6.45) is 0.0739. The van der Waals surface area contributed by atoms with E-state index in [0.29, 0.717) is 11.5 Å². The average Bonchev–Trinajstić information content (AvgIpc) is 3.00. The van der Waals surface area contributed by atoms with Crippen LogP contribution in [0.25, 0.3) is 10.9 Å². The third kappa shape index (κ3) is 2.73. The molecule has 0 spiro atoms. The average molecular weight is 358 g/mol. The van der Waals surface area contributed by atoms with Crippen LogP contribution in [0.3, 0.4) is 0 Å². The number of fused-ring (bicyclic) bond motifs is 3. The Morgan fingerprint density at radius 3 is 2.42 bits per heavy atom. The van der Waals surface area contributed by atoms with Gasteiger partial charge in [-0.05, 0) is 44.5 Å². The van der Waals surface area contributed by atoms with Crippen LogP contribution < -0.4 is 4.74 Å². The van der Waals surface area contributed by atoms with Gasteiger partial charge in [-0.15, -0.1) is 0 Å². The molecule has 0 atom stereocenters. The molecule has 0 radical (unpaired) electrons. The highest BCUT2D eigenvalue weighted by atomic mass is 16.6. The van der Waals surface area contributed by atoms with Gasteiger partial charge in [-0.25, -0.2) is 9.59 Å². The Balaban J connectivity index is 2.18. The second-order valence-corrected chi connectivity index (χ2v) is 6.07. The maximum absolute atomic E-state index is 12.7. The van der Waals surface area contributed by atoms with Crippen molar-refractivity contribution in [2.24, 2.45) is 4.99 Å². The van der Waals surface area contributed by atoms with Crippen LogP contribution in [0.5, 0.6) is 5.75 Å². The van der Waals surface area contributed by atoms with Crippen LogP contribution in [-0.4, -0.2) is 48.5 Å². The van der Waals surface area contributed by atoms with Crippen LogP contribution in [0.4, 0.5) is 0 Å². The fraction of sp³-hybridized carbons (Fsp3) is 0.421. The number of esters is 2. The monoisotopic (exact) mass is 358 g/mol. The van der Waals surface area contributed by atoms with E-state index in [-0.39, 0.29) is 19.6 Å². The van der Waals surface area contributed by atoms with Crippen LogP contribution in [0.1, 0.15) is 32.0 Å². The van der Waals surface area contributed by atoms with Crippen molar-refractivity contribution in [2.45, 2.75) is 32.7 Å². The quantitative estimate of drug-likeness (QED) is 0.655. The molecule has 1 aromatic carbocycles. The minimum atomic E-state index is -1.72. The van der Waals surface area contributed by atoms with E-state index in [0.717, 1.165) is 22.2 Å². The SMILES string of the molecule is CCOC(=O)C1(C(=O)OCC)Cc2c([nH]c3ccc(OC)cc23)C(C)=N1. The maximum atomic E-state index is 12.7. The first-order chi connectivity index (χ1) is 12.5. The van der Waals surface area contributed by atoms with Gasteiger partial charge >= 0.3 is 11.9 Å². The molecule has 2 heterocycles. The fourth-order valence-corrected chi connectivity index (χ4v) is 3.30. The van der Waals surface area contributed by atoms with Crippen LogP contribution in [0, 0.1) is 0 Å². The minimum absolute atomic E-state index is 0.0739. The summed E-state index contributed by atoms with van der Waals surface area (Å²) in [5.74, 6) is -0.696. The highest BCUT2D eigenvalue weighted by molar-refractivity contribution is 6.14. The number of H-pyrrole nitrogens is 1. The summed E-state index contributed by atoms with van der Waals surface area (Å²) in [5.41, 5.74) is 1.35. The Hall–Kier alpha value is -2.83. The zero-order valence-corrected chi connectivity index (χ0v) is 15.3. The topological polar surface area (TPSA) is 90.0 Å². The van der Waals surface area contributed by atoms with E-state index in [9.17, 15) is 9.59 Å². The van der Waals surface area contributed by atoms with E-state index in [4.69, 9.17) is 14.2 Å². The number of benzene rings is 1. The van der Waals surface area contributed by atoms with Gasteiger partial charge in [-0.3, -0.25) is 4.99 Å². The second kappa shape index (κ2) is 6.82. The summed E-state index contributed by atoms with van der Waals surface area (Å²) in [5, 5.41) is 0.881. The molecule has 0 bridgehead atoms. The molecule has 1 aliphatic heterocycles. The lowest BCUT2D eigenvalue weighted by atomic mass is 9.86. The van der Waals surface area contributed by atoms with Crippen molar-refractivity contribution in [3.05, 3.63) is 29.5 Å². The molecule has 0 saturated heterocycles. The maximum Gasteiger partial charge on any atom is 0.346 e. The molecular formula is C19H22N2O5. The molecule has 138 valence electrons. The second-order valence-electron chi connectivity index (χ2n) is 6.07. The fourth-order valence-electron chi connectivity index (χ4n) is 3.30. The zero-order valence-electron chi connectivity index (χ0n) is 15.3. The minimum Gasteiger partial charge on any atom is -0.497 e. The number of aromatic amines is 1. The molecule has 1 aliphatic rings. The van der Waals surface area contributed by atoms with Gasteiger partial charge in [-0.1, -0.05) is 0 Å². The summed E-state index contributed by atoms with van der Waals surface area (Å²) in [6, 6.07) is 5.63. The lowest BCUT2D eigenvalue weighted by Crippen LogP contribution is -2.51. The normalized spacial score (nSPS) is 15.2. The van der Waals surface area contributed by atoms with E-state index in [1.165, 1.54) is 0 Å². The van der Waals surface area contributed by atoms with Crippen molar-refractivity contribution in [1.29, 1.82) is 0 Å². The number of nitrogens with one attached hydrogen (secondary N) is 1. The van der Waals surface area contributed by atoms with Gasteiger partial charge in [-0.2, -0.15) is 0 Å². The number of hydrogen-bond donors (Lipinski definition) is 1. The number of methoxy groups -OCH3 is 1. The summed E-state index contributed by atoms with van der Waals surface area (Å²) in [6.45, 7) is 5.46. The van der Waals surface area contributed by atoms with Crippen LogP contribution in [-0.2, 0) is 25.5 Å². The summed E-state index contributed by atoms with van der Waals surface area (Å²) in [4.78, 5) is 33.2. The van der Waals surface area contributed by atoms with Gasteiger partial charge in [0, 0.05) is 17.3 Å². The number of hydrogen-bond acceptors (Lipinski definition) is 6. The third-order valence-corrected chi connectivity index (χ3v) is 4.49. The van der Waals surface area contributed by atoms with Crippen LogP contribution in [0.15, 0.2) is 23.2 Å². The zero-order chi connectivity index (χ0) is 18.9. The van der Waals surface area contributed by atoms with Gasteiger partial charge in [0.2, 0.25) is 0 Å². The molecule has 0 aliphatic carbocycles. The summed E-state index contributed by atoms with van der Waals surface area (Å²) < 4.78 is 15.6. The molecule has 26 heavy (non-hydrogen) atoms. The van der Waals surface area contributed by atoms with Crippen LogP contribution >= 0.6 is 0 Å². The molecule has 0 amide bonds. The van der Waals surface area contributed by atoms with Gasteiger partial charge in [0.15, 0.2) is 0 Å². The lowest BCUT2D eigenvalue weighted by molar-refractivity contribution is -0.163. The Morgan fingerprint density at radius 1 is 1.19 bits per heavy atom. The predicted octanol–water partition coefficient (Wildman–Crippen LogP) is 2.41. The first kappa shape index (κ1) is 18.0. The molecule has 2 aromatic rings. The number of nitrogens with zero attached hydrogens (tertiary/aromatic N) is 1. The molecule has 0 saturated carbocycles. The smallest absolute Gasteiger partial charge is 0.346 e. The van der Waals surface area contributed by atoms with E-state index >= 15 is 0 Å². The molecule has 7 heteroatoms. The predicted molar refractivity (Wildman–Crippen MR) is 96.8 cm³/mol. The van der Waals surface area contributed by atoms with E-state index in [2.05, 4.69) is 9.98 Å². The number of rotatable bonds is 5. The standard InChI is InChI=1S/C19H22N2O5/c1-5-25-17(22)19(18(23)26-6-2)10-14-13-9-12(24-4)7-8-15(13)20-16(14)11(3)21-19/h7-9,20H,5-6,10H2,1-4H3. The molecular weight excluding hydrogens is 336 g/mol. The number of carbonyl (C=O) groups is 2. The van der Waals surface area contributed by atoms with Gasteiger partial charge in [0.25, 0.3) is 5.54 Å².